The fraction of sp³-hybridized carbons (Fsp3) is 0.200. The first-order valence-corrected chi connectivity index (χ1v) is 7.69. The summed E-state index contributed by atoms with van der Waals surface area (Å²) in [6.45, 7) is 7.65. The Morgan fingerprint density at radius 1 is 0.864 bits per heavy atom. The molecule has 1 aliphatic rings. The highest BCUT2D eigenvalue weighted by Gasteiger charge is 2.15. The largest absolute Gasteiger partial charge is 0.378 e. The Bertz CT molecular complexity index is 640. The minimum Gasteiger partial charge on any atom is -0.378 e. The van der Waals surface area contributed by atoms with Crippen LogP contribution in [0, 0.1) is 0 Å². The molecule has 2 nitrogen and oxygen atoms in total. The molecule has 22 heavy (non-hydrogen) atoms. The molecule has 0 amide bonds. The second kappa shape index (κ2) is 7.10. The van der Waals surface area contributed by atoms with Crippen molar-refractivity contribution in [3.8, 4) is 0 Å². The monoisotopic (exact) mass is 291 g/mol. The van der Waals surface area contributed by atoms with Crippen LogP contribution in [0.15, 0.2) is 73.3 Å². The zero-order valence-corrected chi connectivity index (χ0v) is 12.7. The van der Waals surface area contributed by atoms with Gasteiger partial charge in [0.05, 0.1) is 13.2 Å². The van der Waals surface area contributed by atoms with Gasteiger partial charge in [-0.3, -0.25) is 0 Å². The van der Waals surface area contributed by atoms with Gasteiger partial charge >= 0.3 is 0 Å². The van der Waals surface area contributed by atoms with Gasteiger partial charge in [-0.05, 0) is 22.8 Å². The molecule has 0 bridgehead atoms. The van der Waals surface area contributed by atoms with Crippen LogP contribution in [0.5, 0.6) is 0 Å². The van der Waals surface area contributed by atoms with Crippen molar-refractivity contribution < 1.29 is 4.74 Å². The van der Waals surface area contributed by atoms with Gasteiger partial charge in [0.1, 0.15) is 0 Å². The summed E-state index contributed by atoms with van der Waals surface area (Å²) in [6.07, 6.45) is 2.19. The van der Waals surface area contributed by atoms with Gasteiger partial charge in [-0.25, -0.2) is 0 Å². The Morgan fingerprint density at radius 3 is 2.00 bits per heavy atom. The molecular formula is C20H21NO. The zero-order valence-electron chi connectivity index (χ0n) is 12.7. The van der Waals surface area contributed by atoms with Crippen LogP contribution in [-0.4, -0.2) is 31.2 Å². The first kappa shape index (κ1) is 14.6. The maximum absolute atomic E-state index is 5.48. The fourth-order valence-electron chi connectivity index (χ4n) is 2.67. The molecule has 1 aliphatic heterocycles. The lowest BCUT2D eigenvalue weighted by atomic mass is 10.0. The van der Waals surface area contributed by atoms with Gasteiger partial charge in [0.2, 0.25) is 0 Å². The van der Waals surface area contributed by atoms with Gasteiger partial charge in [-0.2, -0.15) is 0 Å². The Kier molecular flexibility index (Phi) is 4.71. The van der Waals surface area contributed by atoms with E-state index in [1.807, 2.05) is 24.3 Å². The summed E-state index contributed by atoms with van der Waals surface area (Å²) in [7, 11) is 0. The maximum Gasteiger partial charge on any atom is 0.0642 e. The molecule has 0 radical (unpaired) electrons. The number of hydrogen-bond acceptors (Lipinski definition) is 2. The number of nitrogens with zero attached hydrogens (tertiary/aromatic N) is 1. The smallest absolute Gasteiger partial charge is 0.0642 e. The van der Waals surface area contributed by atoms with Crippen LogP contribution in [0.1, 0.15) is 11.1 Å². The zero-order chi connectivity index (χ0) is 15.2. The Morgan fingerprint density at radius 2 is 1.41 bits per heavy atom. The van der Waals surface area contributed by atoms with Crippen molar-refractivity contribution in [2.24, 2.45) is 0 Å². The third kappa shape index (κ3) is 3.46. The molecule has 2 heteroatoms. The lowest BCUT2D eigenvalue weighted by Gasteiger charge is -2.31. The lowest BCUT2D eigenvalue weighted by molar-refractivity contribution is 0.0640. The molecule has 3 rings (SSSR count). The molecule has 0 spiro atoms. The van der Waals surface area contributed by atoms with E-state index in [0.29, 0.717) is 0 Å². The molecule has 2 aromatic carbocycles. The number of rotatable bonds is 4. The molecule has 0 aliphatic carbocycles. The van der Waals surface area contributed by atoms with Gasteiger partial charge in [-0.15, -0.1) is 0 Å². The second-order valence-corrected chi connectivity index (χ2v) is 5.39. The van der Waals surface area contributed by atoms with Crippen molar-refractivity contribution in [1.82, 2.24) is 4.90 Å². The minimum atomic E-state index is 0.780. The highest BCUT2D eigenvalue weighted by Crippen LogP contribution is 2.25. The molecule has 2 aromatic rings. The standard InChI is InChI=1S/C20H21NO/c1-17(18-8-4-2-5-9-18)16-20(19-10-6-3-7-11-19)21-12-14-22-15-13-21/h2-11,16H,1,12-15H2/b20-16+. The van der Waals surface area contributed by atoms with Crippen molar-refractivity contribution in [2.75, 3.05) is 26.3 Å². The van der Waals surface area contributed by atoms with E-state index in [4.69, 9.17) is 4.74 Å². The van der Waals surface area contributed by atoms with E-state index in [9.17, 15) is 0 Å². The van der Waals surface area contributed by atoms with Crippen LogP contribution in [0.2, 0.25) is 0 Å². The lowest BCUT2D eigenvalue weighted by Crippen LogP contribution is -2.35. The second-order valence-electron chi connectivity index (χ2n) is 5.39. The summed E-state index contributed by atoms with van der Waals surface area (Å²) in [4.78, 5) is 2.38. The van der Waals surface area contributed by atoms with Crippen LogP contribution in [-0.2, 0) is 4.74 Å². The van der Waals surface area contributed by atoms with Crippen LogP contribution in [0.4, 0.5) is 0 Å². The van der Waals surface area contributed by atoms with Gasteiger partial charge < -0.3 is 9.64 Å². The first-order valence-electron chi connectivity index (χ1n) is 7.69. The summed E-state index contributed by atoms with van der Waals surface area (Å²) in [5.74, 6) is 0. The third-order valence-electron chi connectivity index (χ3n) is 3.88. The molecule has 112 valence electrons. The number of benzene rings is 2. The van der Waals surface area contributed by atoms with E-state index < -0.39 is 0 Å². The highest BCUT2D eigenvalue weighted by molar-refractivity contribution is 5.82. The number of hydrogen-bond donors (Lipinski definition) is 0. The third-order valence-corrected chi connectivity index (χ3v) is 3.88. The predicted octanol–water partition coefficient (Wildman–Crippen LogP) is 4.07. The van der Waals surface area contributed by atoms with E-state index in [1.165, 1.54) is 11.3 Å². The fourth-order valence-corrected chi connectivity index (χ4v) is 2.67. The van der Waals surface area contributed by atoms with E-state index in [2.05, 4.69) is 54.0 Å². The van der Waals surface area contributed by atoms with Crippen molar-refractivity contribution in [3.05, 3.63) is 84.4 Å². The highest BCUT2D eigenvalue weighted by atomic mass is 16.5. The Labute approximate surface area is 132 Å². The molecule has 0 aromatic heterocycles. The molecule has 0 saturated carbocycles. The molecule has 1 fully saturated rings. The van der Waals surface area contributed by atoms with E-state index >= 15 is 0 Å². The van der Waals surface area contributed by atoms with Gasteiger partial charge in [-0.1, -0.05) is 67.2 Å². The number of ether oxygens (including phenoxy) is 1. The van der Waals surface area contributed by atoms with Crippen LogP contribution < -0.4 is 0 Å². The number of morpholine rings is 1. The van der Waals surface area contributed by atoms with Crippen LogP contribution in [0.3, 0.4) is 0 Å². The summed E-state index contributed by atoms with van der Waals surface area (Å²) < 4.78 is 5.48. The topological polar surface area (TPSA) is 12.5 Å². The van der Waals surface area contributed by atoms with Gasteiger partial charge in [0.25, 0.3) is 0 Å². The normalized spacial score (nSPS) is 15.6. The molecule has 0 atom stereocenters. The average Bonchev–Trinajstić information content (AvgIpc) is 2.62. The summed E-state index contributed by atoms with van der Waals surface area (Å²) in [5, 5.41) is 0. The Balaban J connectivity index is 1.94. The van der Waals surface area contributed by atoms with Gasteiger partial charge in [0, 0.05) is 18.8 Å². The average molecular weight is 291 g/mol. The molecular weight excluding hydrogens is 270 g/mol. The Hall–Kier alpha value is -2.32. The number of allylic oxidation sites excluding steroid dienone is 2. The molecule has 0 unspecified atom stereocenters. The van der Waals surface area contributed by atoms with Gasteiger partial charge in [0.15, 0.2) is 0 Å². The summed E-state index contributed by atoms with van der Waals surface area (Å²) in [5.41, 5.74) is 4.63. The SMILES string of the molecule is C=C(/C=C(\c1ccccc1)N1CCOCC1)c1ccccc1. The molecule has 1 saturated heterocycles. The van der Waals surface area contributed by atoms with Crippen molar-refractivity contribution >= 4 is 11.3 Å². The predicted molar refractivity (Wildman–Crippen MR) is 92.3 cm³/mol. The van der Waals surface area contributed by atoms with Crippen molar-refractivity contribution in [3.63, 3.8) is 0 Å². The molecule has 0 N–H and O–H groups in total. The van der Waals surface area contributed by atoms with E-state index in [1.54, 1.807) is 0 Å². The first-order chi connectivity index (χ1) is 10.8. The quantitative estimate of drug-likeness (QED) is 0.787. The van der Waals surface area contributed by atoms with Crippen molar-refractivity contribution in [2.45, 2.75) is 0 Å². The summed E-state index contributed by atoms with van der Waals surface area (Å²) >= 11 is 0. The van der Waals surface area contributed by atoms with E-state index in [-0.39, 0.29) is 0 Å². The summed E-state index contributed by atoms with van der Waals surface area (Å²) in [6, 6.07) is 20.8. The van der Waals surface area contributed by atoms with Crippen LogP contribution in [0.25, 0.3) is 11.3 Å². The minimum absolute atomic E-state index is 0.780. The molecule has 1 heterocycles. The van der Waals surface area contributed by atoms with Crippen LogP contribution >= 0.6 is 0 Å². The van der Waals surface area contributed by atoms with Crippen molar-refractivity contribution in [1.29, 1.82) is 0 Å². The van der Waals surface area contributed by atoms with E-state index in [0.717, 1.165) is 37.4 Å². The maximum atomic E-state index is 5.48.